The number of aromatic nitrogens is 2. The van der Waals surface area contributed by atoms with Gasteiger partial charge in [-0.25, -0.2) is 0 Å². The number of aryl methyl sites for hydroxylation is 1. The lowest BCUT2D eigenvalue weighted by Crippen LogP contribution is -2.23. The molecule has 5 nitrogen and oxygen atoms in total. The van der Waals surface area contributed by atoms with E-state index < -0.39 is 0 Å². The second-order valence-corrected chi connectivity index (χ2v) is 6.72. The molecular weight excluding hydrogens is 298 g/mol. The second kappa shape index (κ2) is 6.62. The van der Waals surface area contributed by atoms with Gasteiger partial charge < -0.3 is 9.47 Å². The number of benzene rings is 1. The first kappa shape index (κ1) is 15.2. The van der Waals surface area contributed by atoms with E-state index in [1.165, 1.54) is 12.0 Å². The van der Waals surface area contributed by atoms with E-state index in [4.69, 9.17) is 9.47 Å². The summed E-state index contributed by atoms with van der Waals surface area (Å²) in [5.41, 5.74) is 1.22. The quantitative estimate of drug-likeness (QED) is 0.847. The van der Waals surface area contributed by atoms with E-state index in [9.17, 15) is 0 Å². The van der Waals surface area contributed by atoms with Gasteiger partial charge in [0.05, 0.1) is 20.8 Å². The Morgan fingerprint density at radius 3 is 2.82 bits per heavy atom. The highest BCUT2D eigenvalue weighted by Crippen LogP contribution is 2.39. The van der Waals surface area contributed by atoms with Crippen molar-refractivity contribution in [1.29, 1.82) is 0 Å². The van der Waals surface area contributed by atoms with Crippen LogP contribution >= 0.6 is 11.3 Å². The van der Waals surface area contributed by atoms with E-state index in [0.29, 0.717) is 6.04 Å². The summed E-state index contributed by atoms with van der Waals surface area (Å²) in [7, 11) is 3.39. The number of nitrogens with zero attached hydrogens (tertiary/aromatic N) is 3. The third-order valence-electron chi connectivity index (χ3n) is 4.07. The zero-order valence-corrected chi connectivity index (χ0v) is 14.0. The zero-order chi connectivity index (χ0) is 15.5. The Hall–Kier alpha value is -1.66. The van der Waals surface area contributed by atoms with Crippen LogP contribution in [-0.4, -0.2) is 35.9 Å². The van der Waals surface area contributed by atoms with E-state index in [0.717, 1.165) is 41.0 Å². The first-order chi connectivity index (χ1) is 10.7. The van der Waals surface area contributed by atoms with Crippen LogP contribution in [0.5, 0.6) is 11.5 Å². The molecule has 0 aliphatic carbocycles. The number of rotatable bonds is 5. The van der Waals surface area contributed by atoms with E-state index in [-0.39, 0.29) is 0 Å². The van der Waals surface area contributed by atoms with E-state index in [2.05, 4.69) is 21.2 Å². The zero-order valence-electron chi connectivity index (χ0n) is 13.2. The summed E-state index contributed by atoms with van der Waals surface area (Å²) in [6.45, 7) is 3.93. The van der Waals surface area contributed by atoms with Gasteiger partial charge in [-0.2, -0.15) is 0 Å². The van der Waals surface area contributed by atoms with Gasteiger partial charge >= 0.3 is 0 Å². The minimum atomic E-state index is 0.366. The van der Waals surface area contributed by atoms with Crippen molar-refractivity contribution >= 4 is 11.3 Å². The number of ether oxygens (including phenoxy) is 2. The maximum absolute atomic E-state index is 5.57. The molecule has 1 aliphatic heterocycles. The van der Waals surface area contributed by atoms with Crippen LogP contribution in [-0.2, 0) is 6.54 Å². The molecule has 6 heteroatoms. The fourth-order valence-corrected chi connectivity index (χ4v) is 3.77. The average molecular weight is 319 g/mol. The lowest BCUT2D eigenvalue weighted by molar-refractivity contribution is 0.242. The number of hydrogen-bond donors (Lipinski definition) is 0. The molecule has 0 N–H and O–H groups in total. The maximum Gasteiger partial charge on any atom is 0.131 e. The molecule has 1 unspecified atom stereocenters. The van der Waals surface area contributed by atoms with Crippen LogP contribution in [0.4, 0.5) is 0 Å². The van der Waals surface area contributed by atoms with Crippen LogP contribution in [0, 0.1) is 6.92 Å². The Balaban J connectivity index is 1.83. The molecule has 0 spiro atoms. The van der Waals surface area contributed by atoms with Crippen LogP contribution in [0.1, 0.15) is 34.5 Å². The lowest BCUT2D eigenvalue weighted by Gasteiger charge is -2.25. The Morgan fingerprint density at radius 1 is 1.27 bits per heavy atom. The van der Waals surface area contributed by atoms with Gasteiger partial charge in [-0.05, 0) is 32.4 Å². The van der Waals surface area contributed by atoms with Crippen molar-refractivity contribution in [3.63, 3.8) is 0 Å². The summed E-state index contributed by atoms with van der Waals surface area (Å²) < 4.78 is 10.9. The van der Waals surface area contributed by atoms with Crippen molar-refractivity contribution in [2.24, 2.45) is 0 Å². The summed E-state index contributed by atoms with van der Waals surface area (Å²) in [6.07, 6.45) is 2.33. The van der Waals surface area contributed by atoms with E-state index >= 15 is 0 Å². The van der Waals surface area contributed by atoms with Crippen LogP contribution in [0.2, 0.25) is 0 Å². The Kier molecular flexibility index (Phi) is 4.59. The molecule has 0 radical (unpaired) electrons. The van der Waals surface area contributed by atoms with Gasteiger partial charge in [-0.3, -0.25) is 4.90 Å². The van der Waals surface area contributed by atoms with Gasteiger partial charge in [-0.1, -0.05) is 6.07 Å². The molecule has 1 aromatic heterocycles. The van der Waals surface area contributed by atoms with Crippen LogP contribution in [0.15, 0.2) is 18.2 Å². The normalized spacial score (nSPS) is 18.6. The molecule has 2 heterocycles. The predicted molar refractivity (Wildman–Crippen MR) is 86.6 cm³/mol. The van der Waals surface area contributed by atoms with Gasteiger partial charge in [0, 0.05) is 17.7 Å². The molecule has 1 fully saturated rings. The minimum absolute atomic E-state index is 0.366. The molecule has 1 atom stereocenters. The Bertz CT molecular complexity index is 644. The molecule has 0 saturated carbocycles. The van der Waals surface area contributed by atoms with Crippen molar-refractivity contribution < 1.29 is 9.47 Å². The molecule has 0 bridgehead atoms. The van der Waals surface area contributed by atoms with Gasteiger partial charge in [-0.15, -0.1) is 21.5 Å². The first-order valence-corrected chi connectivity index (χ1v) is 8.28. The summed E-state index contributed by atoms with van der Waals surface area (Å²) in [4.78, 5) is 2.46. The van der Waals surface area contributed by atoms with Gasteiger partial charge in [0.2, 0.25) is 0 Å². The Morgan fingerprint density at radius 2 is 2.14 bits per heavy atom. The monoisotopic (exact) mass is 319 g/mol. The third-order valence-corrected chi connectivity index (χ3v) is 4.89. The third kappa shape index (κ3) is 3.08. The summed E-state index contributed by atoms with van der Waals surface area (Å²) in [5.74, 6) is 1.72. The van der Waals surface area contributed by atoms with Crippen LogP contribution in [0.3, 0.4) is 0 Å². The van der Waals surface area contributed by atoms with Crippen LogP contribution in [0.25, 0.3) is 0 Å². The number of methoxy groups -OCH3 is 2. The predicted octanol–water partition coefficient (Wildman–Crippen LogP) is 3.20. The SMILES string of the molecule is COc1ccc(C2CCCN2Cc2nnc(C)s2)c(OC)c1. The van der Waals surface area contributed by atoms with Crippen molar-refractivity contribution in [1.82, 2.24) is 15.1 Å². The molecular formula is C16H21N3O2S. The Labute approximate surface area is 134 Å². The molecule has 0 amide bonds. The minimum Gasteiger partial charge on any atom is -0.497 e. The largest absolute Gasteiger partial charge is 0.497 e. The topological polar surface area (TPSA) is 47.5 Å². The molecule has 1 aliphatic rings. The number of hydrogen-bond acceptors (Lipinski definition) is 6. The van der Waals surface area contributed by atoms with E-state index in [1.807, 2.05) is 19.1 Å². The number of likely N-dealkylation sites (tertiary alicyclic amines) is 1. The highest BCUT2D eigenvalue weighted by atomic mass is 32.1. The standard InChI is InChI=1S/C16H21N3O2S/c1-11-17-18-16(22-11)10-19-8-4-5-14(19)13-7-6-12(20-2)9-15(13)21-3/h6-7,9,14H,4-5,8,10H2,1-3H3. The fourth-order valence-electron chi connectivity index (χ4n) is 3.04. The summed E-state index contributed by atoms with van der Waals surface area (Å²) in [5, 5.41) is 10.5. The van der Waals surface area contributed by atoms with Crippen molar-refractivity contribution in [3.05, 3.63) is 33.8 Å². The lowest BCUT2D eigenvalue weighted by atomic mass is 10.0. The van der Waals surface area contributed by atoms with Gasteiger partial charge in [0.15, 0.2) is 0 Å². The van der Waals surface area contributed by atoms with Crippen molar-refractivity contribution in [2.75, 3.05) is 20.8 Å². The molecule has 22 heavy (non-hydrogen) atoms. The fraction of sp³-hybridized carbons (Fsp3) is 0.500. The summed E-state index contributed by atoms with van der Waals surface area (Å²) in [6, 6.07) is 6.45. The molecule has 118 valence electrons. The highest BCUT2D eigenvalue weighted by molar-refractivity contribution is 7.11. The van der Waals surface area contributed by atoms with Crippen LogP contribution < -0.4 is 9.47 Å². The molecule has 1 aromatic carbocycles. The van der Waals surface area contributed by atoms with Gasteiger partial charge in [0.1, 0.15) is 21.5 Å². The highest BCUT2D eigenvalue weighted by Gasteiger charge is 2.29. The van der Waals surface area contributed by atoms with Gasteiger partial charge in [0.25, 0.3) is 0 Å². The average Bonchev–Trinajstić information content (AvgIpc) is 3.16. The molecule has 3 rings (SSSR count). The van der Waals surface area contributed by atoms with E-state index in [1.54, 1.807) is 25.6 Å². The molecule has 1 saturated heterocycles. The van der Waals surface area contributed by atoms with Crippen molar-refractivity contribution in [3.8, 4) is 11.5 Å². The molecule has 2 aromatic rings. The first-order valence-electron chi connectivity index (χ1n) is 7.46. The van der Waals surface area contributed by atoms with Crippen molar-refractivity contribution in [2.45, 2.75) is 32.4 Å². The summed E-state index contributed by atoms with van der Waals surface area (Å²) >= 11 is 1.67. The smallest absolute Gasteiger partial charge is 0.131 e. The second-order valence-electron chi connectivity index (χ2n) is 5.45. The maximum atomic E-state index is 5.57.